The minimum absolute atomic E-state index is 0.0191. The molecule has 0 N–H and O–H groups in total. The van der Waals surface area contributed by atoms with Gasteiger partial charge in [-0.25, -0.2) is 0 Å². The molecule has 3 rings (SSSR count). The second-order valence-corrected chi connectivity index (χ2v) is 6.89. The zero-order valence-corrected chi connectivity index (χ0v) is 11.5. The molecule has 0 spiro atoms. The molecule has 2 fully saturated rings. The smallest absolute Gasteiger partial charge is 0.115 e. The van der Waals surface area contributed by atoms with Gasteiger partial charge in [-0.05, 0) is 32.1 Å². The molecule has 0 unspecified atom stereocenters. The first-order valence-corrected chi connectivity index (χ1v) is 8.11. The topological polar surface area (TPSA) is 12.5 Å². The Morgan fingerprint density at radius 3 is 2.82 bits per heavy atom. The highest BCUT2D eigenvalue weighted by Crippen LogP contribution is 2.60. The van der Waals surface area contributed by atoms with Gasteiger partial charge in [0.15, 0.2) is 0 Å². The van der Waals surface area contributed by atoms with Crippen molar-refractivity contribution in [2.45, 2.75) is 37.3 Å². The molecule has 1 aromatic rings. The van der Waals surface area contributed by atoms with Crippen LogP contribution in [0.2, 0.25) is 0 Å². The summed E-state index contributed by atoms with van der Waals surface area (Å²) in [6, 6.07) is 11.4. The fraction of sp³-hybridized carbons (Fsp3) is 0.571. The van der Waals surface area contributed by atoms with Crippen LogP contribution in [0.15, 0.2) is 30.3 Å². The third kappa shape index (κ3) is 1.74. The Labute approximate surface area is 105 Å². The van der Waals surface area contributed by atoms with Crippen LogP contribution in [-0.2, 0) is 10.1 Å². The molecule has 0 radical (unpaired) electrons. The first-order chi connectivity index (χ1) is 8.24. The molecule has 0 amide bonds. The van der Waals surface area contributed by atoms with Gasteiger partial charge < -0.3 is 4.52 Å². The van der Waals surface area contributed by atoms with Crippen molar-refractivity contribution >= 4 is 8.30 Å². The molecular weight excluding hydrogens is 229 g/mol. The summed E-state index contributed by atoms with van der Waals surface area (Å²) in [6.45, 7) is 2.23. The van der Waals surface area contributed by atoms with Gasteiger partial charge in [0.2, 0.25) is 0 Å². The summed E-state index contributed by atoms with van der Waals surface area (Å²) in [5, 5.41) is 0. The number of likely N-dealkylation sites (N-methyl/N-ethyl adjacent to an activating group) is 1. The summed E-state index contributed by atoms with van der Waals surface area (Å²) in [6.07, 6.45) is 5.09. The van der Waals surface area contributed by atoms with E-state index in [0.717, 1.165) is 0 Å². The Morgan fingerprint density at radius 2 is 2.06 bits per heavy atom. The van der Waals surface area contributed by atoms with Crippen LogP contribution in [-0.4, -0.2) is 24.4 Å². The maximum absolute atomic E-state index is 6.44. The van der Waals surface area contributed by atoms with Crippen LogP contribution in [0, 0.1) is 0 Å². The first kappa shape index (κ1) is 11.6. The normalized spacial score (nSPS) is 38.0. The molecule has 1 aromatic carbocycles. The average molecular weight is 249 g/mol. The van der Waals surface area contributed by atoms with E-state index in [2.05, 4.69) is 48.7 Å². The Hall–Kier alpha value is -0.430. The number of fused-ring (bicyclic) bond motifs is 1. The molecule has 3 heteroatoms. The average Bonchev–Trinajstić information content (AvgIpc) is 2.64. The van der Waals surface area contributed by atoms with Crippen molar-refractivity contribution in [1.82, 2.24) is 4.67 Å². The largest absolute Gasteiger partial charge is 0.331 e. The number of nitrogens with zero attached hydrogens (tertiary/aromatic N) is 1. The van der Waals surface area contributed by atoms with E-state index in [1.165, 1.54) is 31.2 Å². The zero-order chi connectivity index (χ0) is 11.9. The van der Waals surface area contributed by atoms with Crippen LogP contribution in [0.1, 0.15) is 31.2 Å². The molecule has 0 aromatic heterocycles. The molecular formula is C14H20NOP. The minimum Gasteiger partial charge on any atom is -0.331 e. The van der Waals surface area contributed by atoms with Gasteiger partial charge in [0, 0.05) is 6.04 Å². The van der Waals surface area contributed by atoms with Crippen LogP contribution in [0.4, 0.5) is 0 Å². The van der Waals surface area contributed by atoms with Gasteiger partial charge in [0.25, 0.3) is 0 Å². The molecule has 1 aliphatic carbocycles. The van der Waals surface area contributed by atoms with E-state index >= 15 is 0 Å². The van der Waals surface area contributed by atoms with Gasteiger partial charge in [-0.1, -0.05) is 43.2 Å². The van der Waals surface area contributed by atoms with Crippen LogP contribution < -0.4 is 0 Å². The lowest BCUT2D eigenvalue weighted by Gasteiger charge is -2.39. The molecule has 1 aliphatic heterocycles. The maximum Gasteiger partial charge on any atom is 0.115 e. The predicted molar refractivity (Wildman–Crippen MR) is 72.1 cm³/mol. The van der Waals surface area contributed by atoms with Gasteiger partial charge >= 0.3 is 0 Å². The van der Waals surface area contributed by atoms with Crippen LogP contribution in [0.5, 0.6) is 0 Å². The van der Waals surface area contributed by atoms with Crippen molar-refractivity contribution in [3.63, 3.8) is 0 Å². The Morgan fingerprint density at radius 1 is 1.29 bits per heavy atom. The highest BCUT2D eigenvalue weighted by atomic mass is 31.2. The Balaban J connectivity index is 2.03. The zero-order valence-electron chi connectivity index (χ0n) is 10.6. The number of benzene rings is 1. The fourth-order valence-electron chi connectivity index (χ4n) is 3.33. The molecule has 92 valence electrons. The summed E-state index contributed by atoms with van der Waals surface area (Å²) >= 11 is 0. The van der Waals surface area contributed by atoms with Gasteiger partial charge in [0.05, 0.1) is 0 Å². The number of hydrogen-bond donors (Lipinski definition) is 0. The predicted octanol–water partition coefficient (Wildman–Crippen LogP) is 3.73. The molecule has 2 aliphatic rings. The van der Waals surface area contributed by atoms with Crippen molar-refractivity contribution in [3.05, 3.63) is 35.9 Å². The molecule has 1 heterocycles. The molecule has 3 atom stereocenters. The van der Waals surface area contributed by atoms with Crippen molar-refractivity contribution < 1.29 is 4.52 Å². The van der Waals surface area contributed by atoms with E-state index in [9.17, 15) is 0 Å². The first-order valence-electron chi connectivity index (χ1n) is 6.45. The summed E-state index contributed by atoms with van der Waals surface area (Å²) in [7, 11) is 1.81. The Kier molecular flexibility index (Phi) is 2.98. The van der Waals surface area contributed by atoms with Crippen LogP contribution in [0.3, 0.4) is 0 Å². The van der Waals surface area contributed by atoms with Crippen molar-refractivity contribution in [2.75, 3.05) is 13.7 Å². The summed E-state index contributed by atoms with van der Waals surface area (Å²) in [5.74, 6) is 0. The van der Waals surface area contributed by atoms with Gasteiger partial charge in [-0.2, -0.15) is 0 Å². The lowest BCUT2D eigenvalue weighted by Crippen LogP contribution is -2.44. The monoisotopic (exact) mass is 249 g/mol. The molecule has 1 saturated carbocycles. The summed E-state index contributed by atoms with van der Waals surface area (Å²) in [5.41, 5.74) is 1.36. The number of rotatable bonds is 1. The van der Waals surface area contributed by atoms with E-state index < -0.39 is 8.30 Å². The second-order valence-electron chi connectivity index (χ2n) is 5.15. The van der Waals surface area contributed by atoms with E-state index in [0.29, 0.717) is 6.04 Å². The second kappa shape index (κ2) is 4.35. The Bertz CT molecular complexity index is 396. The van der Waals surface area contributed by atoms with Crippen molar-refractivity contribution in [3.8, 4) is 0 Å². The van der Waals surface area contributed by atoms with Gasteiger partial charge in [-0.15, -0.1) is 0 Å². The third-order valence-corrected chi connectivity index (χ3v) is 6.02. The van der Waals surface area contributed by atoms with Crippen LogP contribution in [0.25, 0.3) is 0 Å². The molecule has 17 heavy (non-hydrogen) atoms. The van der Waals surface area contributed by atoms with Gasteiger partial charge in [0.1, 0.15) is 13.9 Å². The SMILES string of the molecule is CN1[C@@H]2CCCC[C@]2(c2ccccc2)O[P@@]1C. The van der Waals surface area contributed by atoms with E-state index in [1.54, 1.807) is 0 Å². The van der Waals surface area contributed by atoms with Crippen molar-refractivity contribution in [1.29, 1.82) is 0 Å². The third-order valence-electron chi connectivity index (χ3n) is 4.27. The molecule has 2 nitrogen and oxygen atoms in total. The summed E-state index contributed by atoms with van der Waals surface area (Å²) < 4.78 is 8.92. The number of hydrogen-bond acceptors (Lipinski definition) is 2. The quantitative estimate of drug-likeness (QED) is 0.703. The highest BCUT2D eigenvalue weighted by molar-refractivity contribution is 7.49. The lowest BCUT2D eigenvalue weighted by molar-refractivity contribution is 0.0256. The van der Waals surface area contributed by atoms with Crippen molar-refractivity contribution in [2.24, 2.45) is 0 Å². The van der Waals surface area contributed by atoms with Gasteiger partial charge in [-0.3, -0.25) is 4.67 Å². The van der Waals surface area contributed by atoms with E-state index in [4.69, 9.17) is 4.52 Å². The van der Waals surface area contributed by atoms with E-state index in [-0.39, 0.29) is 5.60 Å². The minimum atomic E-state index is -0.415. The molecule has 1 saturated heterocycles. The van der Waals surface area contributed by atoms with E-state index in [1.807, 2.05) is 0 Å². The lowest BCUT2D eigenvalue weighted by atomic mass is 9.76. The summed E-state index contributed by atoms with van der Waals surface area (Å²) in [4.78, 5) is 0. The fourth-order valence-corrected chi connectivity index (χ4v) is 4.94. The highest BCUT2D eigenvalue weighted by Gasteiger charge is 2.52. The standard InChI is InChI=1S/C14H20NOP/c1-15-13-10-6-7-11-14(13,16-17(15)2)12-8-4-3-5-9-12/h3-5,8-9,13H,6-7,10-11H2,1-2H3/t13-,14-,17+/m1/s1. The molecule has 0 bridgehead atoms. The van der Waals surface area contributed by atoms with Crippen LogP contribution >= 0.6 is 8.30 Å². The maximum atomic E-state index is 6.44.